The fraction of sp³-hybridized carbons (Fsp3) is 0. The Kier molecular flexibility index (Phi) is 2.20. The maximum absolute atomic E-state index is 12.7. The number of aromatic hydroxyl groups is 1. The van der Waals surface area contributed by atoms with E-state index in [0.717, 1.165) is 6.20 Å². The van der Waals surface area contributed by atoms with Gasteiger partial charge in [-0.2, -0.15) is 0 Å². The second-order valence-corrected chi connectivity index (χ2v) is 4.41. The summed E-state index contributed by atoms with van der Waals surface area (Å²) in [4.78, 5) is 2.26. The summed E-state index contributed by atoms with van der Waals surface area (Å²) in [5.41, 5.74) is 0. The van der Waals surface area contributed by atoms with E-state index in [9.17, 15) is 12.8 Å². The van der Waals surface area contributed by atoms with Gasteiger partial charge in [0.2, 0.25) is 0 Å². The molecule has 0 atom stereocenters. The normalized spacial score (nSPS) is 11.5. The summed E-state index contributed by atoms with van der Waals surface area (Å²) in [7, 11) is 0.557. The van der Waals surface area contributed by atoms with E-state index in [1.54, 1.807) is 0 Å². The van der Waals surface area contributed by atoms with E-state index in [1.165, 1.54) is 0 Å². The number of hydrogen-bond acceptors (Lipinski definition) is 4. The second-order valence-electron chi connectivity index (χ2n) is 1.91. The third-order valence-corrected chi connectivity index (χ3v) is 2.43. The van der Waals surface area contributed by atoms with Crippen molar-refractivity contribution < 1.29 is 17.9 Å². The molecule has 1 heterocycles. The average molecular weight is 212 g/mol. The number of rotatable bonds is 1. The lowest BCUT2D eigenvalue weighted by atomic mass is 10.4. The molecule has 0 radical (unpaired) electrons. The van der Waals surface area contributed by atoms with Crippen molar-refractivity contribution in [2.24, 2.45) is 0 Å². The molecule has 0 bridgehead atoms. The molecule has 0 spiro atoms. The van der Waals surface area contributed by atoms with Crippen molar-refractivity contribution in [1.29, 1.82) is 0 Å². The van der Waals surface area contributed by atoms with Gasteiger partial charge in [-0.25, -0.2) is 12.8 Å². The molecule has 7 heteroatoms. The van der Waals surface area contributed by atoms with Crippen molar-refractivity contribution in [3.63, 3.8) is 0 Å². The van der Waals surface area contributed by atoms with E-state index < -0.39 is 25.5 Å². The number of pyridine rings is 1. The number of halogens is 2. The highest BCUT2D eigenvalue weighted by atomic mass is 35.7. The molecular formula is C5H3ClFNO3S. The Bertz CT molecular complexity index is 385. The highest BCUT2D eigenvalue weighted by Gasteiger charge is 2.20. The second kappa shape index (κ2) is 2.87. The van der Waals surface area contributed by atoms with E-state index in [4.69, 9.17) is 15.8 Å². The van der Waals surface area contributed by atoms with Gasteiger partial charge in [-0.1, -0.05) is 0 Å². The molecule has 4 nitrogen and oxygen atoms in total. The molecule has 66 valence electrons. The average Bonchev–Trinajstić information content (AvgIpc) is 1.82. The van der Waals surface area contributed by atoms with E-state index in [1.807, 2.05) is 0 Å². The van der Waals surface area contributed by atoms with Crippen LogP contribution < -0.4 is 0 Å². The topological polar surface area (TPSA) is 67.3 Å². The summed E-state index contributed by atoms with van der Waals surface area (Å²) in [5.74, 6) is -1.98. The standard InChI is InChI=1S/C5H3ClFNO3S/c6-12(10,11)5-3(7)1-8-2-4(5)9/h1-2,9H. The Labute approximate surface area is 72.0 Å². The van der Waals surface area contributed by atoms with Gasteiger partial charge in [-0.3, -0.25) is 4.98 Å². The molecule has 0 amide bonds. The van der Waals surface area contributed by atoms with E-state index >= 15 is 0 Å². The van der Waals surface area contributed by atoms with Gasteiger partial charge in [0.25, 0.3) is 9.05 Å². The first-order valence-corrected chi connectivity index (χ1v) is 5.01. The van der Waals surface area contributed by atoms with Crippen molar-refractivity contribution in [3.05, 3.63) is 18.2 Å². The number of nitrogens with zero attached hydrogens (tertiary/aromatic N) is 1. The highest BCUT2D eigenvalue weighted by molar-refractivity contribution is 8.13. The third-order valence-electron chi connectivity index (χ3n) is 1.08. The molecule has 0 saturated heterocycles. The molecule has 1 aromatic rings. The monoisotopic (exact) mass is 211 g/mol. The molecule has 0 aliphatic rings. The first-order chi connectivity index (χ1) is 5.43. The quantitative estimate of drug-likeness (QED) is 0.700. The summed E-state index contributed by atoms with van der Waals surface area (Å²) < 4.78 is 33.9. The smallest absolute Gasteiger partial charge is 0.268 e. The minimum Gasteiger partial charge on any atom is -0.505 e. The molecule has 0 aromatic carbocycles. The Balaban J connectivity index is 3.53. The molecule has 1 rings (SSSR count). The van der Waals surface area contributed by atoms with E-state index in [0.29, 0.717) is 6.20 Å². The fourth-order valence-electron chi connectivity index (χ4n) is 0.654. The van der Waals surface area contributed by atoms with Gasteiger partial charge >= 0.3 is 0 Å². The lowest BCUT2D eigenvalue weighted by Crippen LogP contribution is -1.96. The van der Waals surface area contributed by atoms with Crippen LogP contribution in [0.15, 0.2) is 17.3 Å². The van der Waals surface area contributed by atoms with Gasteiger partial charge in [0.1, 0.15) is 0 Å². The van der Waals surface area contributed by atoms with Gasteiger partial charge < -0.3 is 5.11 Å². The number of hydrogen-bond donors (Lipinski definition) is 1. The van der Waals surface area contributed by atoms with Crippen LogP contribution >= 0.6 is 10.7 Å². The molecule has 0 fully saturated rings. The summed E-state index contributed by atoms with van der Waals surface area (Å²) in [6.45, 7) is 0. The number of aromatic nitrogens is 1. The minimum absolute atomic E-state index is 0.648. The summed E-state index contributed by atoms with van der Waals surface area (Å²) in [6.07, 6.45) is 1.44. The molecule has 0 unspecified atom stereocenters. The molecule has 1 N–H and O–H groups in total. The Morgan fingerprint density at radius 1 is 1.50 bits per heavy atom. The zero-order valence-electron chi connectivity index (χ0n) is 5.53. The Morgan fingerprint density at radius 3 is 2.42 bits per heavy atom. The molecule has 0 saturated carbocycles. The van der Waals surface area contributed by atoms with E-state index in [-0.39, 0.29) is 0 Å². The maximum Gasteiger partial charge on any atom is 0.268 e. The summed E-state index contributed by atoms with van der Waals surface area (Å²) >= 11 is 0. The zero-order valence-corrected chi connectivity index (χ0v) is 7.10. The minimum atomic E-state index is -4.26. The summed E-state index contributed by atoms with van der Waals surface area (Å²) in [6, 6.07) is 0. The van der Waals surface area contributed by atoms with Crippen molar-refractivity contribution in [2.75, 3.05) is 0 Å². The zero-order chi connectivity index (χ0) is 9.35. The van der Waals surface area contributed by atoms with Crippen LogP contribution in [0.2, 0.25) is 0 Å². The van der Waals surface area contributed by atoms with Crippen LogP contribution in [0.3, 0.4) is 0 Å². The predicted octanol–water partition coefficient (Wildman–Crippen LogP) is 0.854. The molecule has 1 aromatic heterocycles. The first-order valence-electron chi connectivity index (χ1n) is 2.70. The Morgan fingerprint density at radius 2 is 2.08 bits per heavy atom. The van der Waals surface area contributed by atoms with Crippen LogP contribution in [0, 0.1) is 5.82 Å². The van der Waals surface area contributed by atoms with Crippen molar-refractivity contribution in [3.8, 4) is 5.75 Å². The fourth-order valence-corrected chi connectivity index (χ4v) is 1.70. The molecule has 12 heavy (non-hydrogen) atoms. The Hall–Kier alpha value is -0.880. The van der Waals surface area contributed by atoms with Crippen molar-refractivity contribution in [1.82, 2.24) is 4.98 Å². The van der Waals surface area contributed by atoms with Crippen LogP contribution in [0.4, 0.5) is 4.39 Å². The van der Waals surface area contributed by atoms with Crippen molar-refractivity contribution >= 4 is 19.7 Å². The third kappa shape index (κ3) is 1.64. The maximum atomic E-state index is 12.7. The molecule has 0 aliphatic carbocycles. The lowest BCUT2D eigenvalue weighted by molar-refractivity contribution is 0.441. The van der Waals surface area contributed by atoms with Crippen LogP contribution in [0.1, 0.15) is 0 Å². The van der Waals surface area contributed by atoms with Crippen LogP contribution in [0.25, 0.3) is 0 Å². The lowest BCUT2D eigenvalue weighted by Gasteiger charge is -1.99. The van der Waals surface area contributed by atoms with E-state index in [2.05, 4.69) is 4.98 Å². The van der Waals surface area contributed by atoms with Gasteiger partial charge in [-0.05, 0) is 0 Å². The van der Waals surface area contributed by atoms with Gasteiger partial charge in [0, 0.05) is 10.7 Å². The van der Waals surface area contributed by atoms with Gasteiger partial charge in [0.15, 0.2) is 16.5 Å². The first kappa shape index (κ1) is 9.21. The van der Waals surface area contributed by atoms with Crippen LogP contribution in [-0.2, 0) is 9.05 Å². The molecule has 0 aliphatic heterocycles. The van der Waals surface area contributed by atoms with Crippen LogP contribution in [-0.4, -0.2) is 18.5 Å². The SMILES string of the molecule is O=S(=O)(Cl)c1c(O)cncc1F. The summed E-state index contributed by atoms with van der Waals surface area (Å²) in [5, 5.41) is 8.86. The van der Waals surface area contributed by atoms with Crippen molar-refractivity contribution in [2.45, 2.75) is 4.90 Å². The van der Waals surface area contributed by atoms with Gasteiger partial charge in [-0.15, -0.1) is 0 Å². The van der Waals surface area contributed by atoms with Crippen LogP contribution in [0.5, 0.6) is 5.75 Å². The largest absolute Gasteiger partial charge is 0.505 e. The highest BCUT2D eigenvalue weighted by Crippen LogP contribution is 2.26. The predicted molar refractivity (Wildman–Crippen MR) is 38.9 cm³/mol. The molecular weight excluding hydrogens is 209 g/mol. The van der Waals surface area contributed by atoms with Gasteiger partial charge in [0.05, 0.1) is 12.4 Å².